The molecule has 14 heavy (non-hydrogen) atoms. The first-order valence-corrected chi connectivity index (χ1v) is 6.09. The van der Waals surface area contributed by atoms with Crippen molar-refractivity contribution >= 4 is 22.9 Å². The van der Waals surface area contributed by atoms with Crippen LogP contribution >= 0.6 is 22.9 Å². The van der Waals surface area contributed by atoms with Crippen LogP contribution in [0.25, 0.3) is 0 Å². The van der Waals surface area contributed by atoms with Gasteiger partial charge in [-0.05, 0) is 32.1 Å². The molecule has 1 aromatic heterocycles. The molecule has 4 heteroatoms. The lowest BCUT2D eigenvalue weighted by Gasteiger charge is -2.11. The minimum Gasteiger partial charge on any atom is -0.308 e. The first-order valence-electron chi connectivity index (χ1n) is 4.90. The number of likely N-dealkylation sites (N-methyl/N-ethyl adjacent to an activating group) is 1. The van der Waals surface area contributed by atoms with Crippen molar-refractivity contribution in [3.05, 3.63) is 21.3 Å². The topological polar surface area (TPSA) is 15.3 Å². The lowest BCUT2D eigenvalue weighted by atomic mass is 10.2. The lowest BCUT2D eigenvalue weighted by molar-refractivity contribution is 0.398. The van der Waals surface area contributed by atoms with E-state index in [2.05, 4.69) is 23.3 Å². The maximum absolute atomic E-state index is 5.86. The molecule has 1 fully saturated rings. The lowest BCUT2D eigenvalue weighted by Crippen LogP contribution is -2.30. The molecule has 1 N–H and O–H groups in total. The van der Waals surface area contributed by atoms with Crippen molar-refractivity contribution in [3.63, 3.8) is 0 Å². The van der Waals surface area contributed by atoms with Gasteiger partial charge in [0.15, 0.2) is 0 Å². The summed E-state index contributed by atoms with van der Waals surface area (Å²) in [6.07, 6.45) is 1.26. The second-order valence-corrected chi connectivity index (χ2v) is 5.63. The summed E-state index contributed by atoms with van der Waals surface area (Å²) < 4.78 is 0.880. The third kappa shape index (κ3) is 2.70. The highest BCUT2D eigenvalue weighted by atomic mass is 35.5. The van der Waals surface area contributed by atoms with Crippen LogP contribution in [-0.2, 0) is 6.54 Å². The van der Waals surface area contributed by atoms with Crippen LogP contribution in [0.5, 0.6) is 0 Å². The van der Waals surface area contributed by atoms with E-state index in [1.54, 1.807) is 11.3 Å². The summed E-state index contributed by atoms with van der Waals surface area (Å²) in [6, 6.07) is 4.71. The molecule has 1 atom stereocenters. The maximum Gasteiger partial charge on any atom is 0.0931 e. The molecule has 1 aliphatic rings. The van der Waals surface area contributed by atoms with Crippen molar-refractivity contribution in [2.75, 3.05) is 20.1 Å². The predicted molar refractivity (Wildman–Crippen MR) is 62.1 cm³/mol. The summed E-state index contributed by atoms with van der Waals surface area (Å²) >= 11 is 7.52. The van der Waals surface area contributed by atoms with Crippen LogP contribution in [0.15, 0.2) is 12.1 Å². The van der Waals surface area contributed by atoms with Gasteiger partial charge in [0.1, 0.15) is 0 Å². The van der Waals surface area contributed by atoms with Crippen molar-refractivity contribution in [1.82, 2.24) is 10.2 Å². The molecule has 2 nitrogen and oxygen atoms in total. The number of nitrogens with zero attached hydrogens (tertiary/aromatic N) is 1. The van der Waals surface area contributed by atoms with Crippen molar-refractivity contribution < 1.29 is 0 Å². The van der Waals surface area contributed by atoms with Crippen molar-refractivity contribution in [2.24, 2.45) is 0 Å². The van der Waals surface area contributed by atoms with Gasteiger partial charge in [-0.15, -0.1) is 11.3 Å². The quantitative estimate of drug-likeness (QED) is 0.857. The Bertz CT molecular complexity index is 300. The van der Waals surface area contributed by atoms with E-state index < -0.39 is 0 Å². The number of rotatable bonds is 3. The van der Waals surface area contributed by atoms with Gasteiger partial charge >= 0.3 is 0 Å². The van der Waals surface area contributed by atoms with E-state index in [1.807, 2.05) is 6.07 Å². The first kappa shape index (κ1) is 10.4. The molecule has 1 unspecified atom stereocenters. The number of nitrogens with one attached hydrogen (secondary N) is 1. The van der Waals surface area contributed by atoms with Gasteiger partial charge in [-0.1, -0.05) is 11.6 Å². The standard InChI is InChI=1S/C10H15ClN2S/c1-13-5-4-8(7-13)12-6-9-2-3-10(11)14-9/h2-3,8,12H,4-7H2,1H3. The van der Waals surface area contributed by atoms with E-state index >= 15 is 0 Å². The highest BCUT2D eigenvalue weighted by Crippen LogP contribution is 2.21. The normalized spacial score (nSPS) is 23.1. The van der Waals surface area contributed by atoms with Gasteiger partial charge in [0.2, 0.25) is 0 Å². The van der Waals surface area contributed by atoms with Crippen LogP contribution in [-0.4, -0.2) is 31.1 Å². The van der Waals surface area contributed by atoms with Crippen LogP contribution in [0, 0.1) is 0 Å². The average molecular weight is 231 g/mol. The smallest absolute Gasteiger partial charge is 0.0931 e. The molecule has 1 saturated heterocycles. The van der Waals surface area contributed by atoms with Crippen LogP contribution < -0.4 is 5.32 Å². The fourth-order valence-corrected chi connectivity index (χ4v) is 2.83. The van der Waals surface area contributed by atoms with E-state index in [-0.39, 0.29) is 0 Å². The van der Waals surface area contributed by atoms with Gasteiger partial charge < -0.3 is 10.2 Å². The number of likely N-dealkylation sites (tertiary alicyclic amines) is 1. The van der Waals surface area contributed by atoms with Gasteiger partial charge in [-0.25, -0.2) is 0 Å². The number of hydrogen-bond acceptors (Lipinski definition) is 3. The van der Waals surface area contributed by atoms with Crippen molar-refractivity contribution in [1.29, 1.82) is 0 Å². The van der Waals surface area contributed by atoms with Crippen LogP contribution in [0.1, 0.15) is 11.3 Å². The number of thiophene rings is 1. The summed E-state index contributed by atoms with van der Waals surface area (Å²) in [4.78, 5) is 3.68. The highest BCUT2D eigenvalue weighted by Gasteiger charge is 2.18. The van der Waals surface area contributed by atoms with E-state index in [0.29, 0.717) is 6.04 Å². The molecule has 0 amide bonds. The first-order chi connectivity index (χ1) is 6.74. The zero-order valence-corrected chi connectivity index (χ0v) is 9.87. The minimum atomic E-state index is 0.654. The summed E-state index contributed by atoms with van der Waals surface area (Å²) in [5.74, 6) is 0. The summed E-state index contributed by atoms with van der Waals surface area (Å²) in [5.41, 5.74) is 0. The Morgan fingerprint density at radius 1 is 1.64 bits per heavy atom. The average Bonchev–Trinajstić information content (AvgIpc) is 2.72. The fraction of sp³-hybridized carbons (Fsp3) is 0.600. The molecule has 0 saturated carbocycles. The van der Waals surface area contributed by atoms with Gasteiger partial charge in [-0.2, -0.15) is 0 Å². The Balaban J connectivity index is 1.77. The van der Waals surface area contributed by atoms with Crippen molar-refractivity contribution in [2.45, 2.75) is 19.0 Å². The van der Waals surface area contributed by atoms with E-state index in [0.717, 1.165) is 10.9 Å². The second-order valence-electron chi connectivity index (χ2n) is 3.83. The zero-order chi connectivity index (χ0) is 9.97. The molecule has 1 aromatic rings. The number of halogens is 1. The van der Waals surface area contributed by atoms with Crippen LogP contribution in [0.3, 0.4) is 0 Å². The van der Waals surface area contributed by atoms with Crippen LogP contribution in [0.2, 0.25) is 4.34 Å². The molecule has 0 aliphatic carbocycles. The SMILES string of the molecule is CN1CCC(NCc2ccc(Cl)s2)C1. The molecule has 0 radical (unpaired) electrons. The highest BCUT2D eigenvalue weighted by molar-refractivity contribution is 7.16. The second kappa shape index (κ2) is 4.62. The largest absolute Gasteiger partial charge is 0.308 e. The molecule has 1 aliphatic heterocycles. The summed E-state index contributed by atoms with van der Waals surface area (Å²) in [6.45, 7) is 3.33. The Morgan fingerprint density at radius 2 is 2.50 bits per heavy atom. The Kier molecular flexibility index (Phi) is 3.44. The van der Waals surface area contributed by atoms with E-state index in [9.17, 15) is 0 Å². The molecule has 2 heterocycles. The molecule has 2 rings (SSSR count). The van der Waals surface area contributed by atoms with Gasteiger partial charge in [0, 0.05) is 24.0 Å². The van der Waals surface area contributed by atoms with Gasteiger partial charge in [0.25, 0.3) is 0 Å². The predicted octanol–water partition coefficient (Wildman–Crippen LogP) is 2.20. The third-order valence-electron chi connectivity index (χ3n) is 2.59. The minimum absolute atomic E-state index is 0.654. The number of hydrogen-bond donors (Lipinski definition) is 1. The van der Waals surface area contributed by atoms with E-state index in [4.69, 9.17) is 11.6 Å². The summed E-state index contributed by atoms with van der Waals surface area (Å²) in [5, 5.41) is 3.55. The Morgan fingerprint density at radius 3 is 3.07 bits per heavy atom. The van der Waals surface area contributed by atoms with Crippen LogP contribution in [0.4, 0.5) is 0 Å². The maximum atomic E-state index is 5.86. The Hall–Kier alpha value is -0.0900. The monoisotopic (exact) mass is 230 g/mol. The molecular weight excluding hydrogens is 216 g/mol. The fourth-order valence-electron chi connectivity index (χ4n) is 1.79. The molecular formula is C10H15ClN2S. The third-order valence-corrected chi connectivity index (χ3v) is 3.82. The molecule has 0 bridgehead atoms. The molecule has 0 spiro atoms. The molecule has 78 valence electrons. The molecule has 0 aromatic carbocycles. The van der Waals surface area contributed by atoms with E-state index in [1.165, 1.54) is 24.4 Å². The Labute approximate surface area is 93.9 Å². The van der Waals surface area contributed by atoms with Gasteiger partial charge in [0.05, 0.1) is 4.34 Å². The zero-order valence-electron chi connectivity index (χ0n) is 8.29. The van der Waals surface area contributed by atoms with Gasteiger partial charge in [-0.3, -0.25) is 0 Å². The summed E-state index contributed by atoms with van der Waals surface area (Å²) in [7, 11) is 2.17. The van der Waals surface area contributed by atoms with Crippen molar-refractivity contribution in [3.8, 4) is 0 Å².